The van der Waals surface area contributed by atoms with Crippen molar-refractivity contribution in [2.75, 3.05) is 13.1 Å². The summed E-state index contributed by atoms with van der Waals surface area (Å²) < 4.78 is 29.8. The van der Waals surface area contributed by atoms with Gasteiger partial charge in [0, 0.05) is 20.1 Å². The number of carbonyl (C=O) groups excluding carboxylic acids is 1. The summed E-state index contributed by atoms with van der Waals surface area (Å²) in [6.07, 6.45) is 1.22. The summed E-state index contributed by atoms with van der Waals surface area (Å²) in [5.74, 6) is -0.805. The van der Waals surface area contributed by atoms with E-state index in [4.69, 9.17) is 23.2 Å². The maximum absolute atomic E-state index is 12.9. The number of carbonyl (C=O) groups is 1. The number of hydrogen-bond donors (Lipinski definition) is 0. The third-order valence-electron chi connectivity index (χ3n) is 4.88. The van der Waals surface area contributed by atoms with Crippen molar-refractivity contribution >= 4 is 72.0 Å². The highest BCUT2D eigenvalue weighted by Crippen LogP contribution is 2.31. The van der Waals surface area contributed by atoms with Gasteiger partial charge in [0.1, 0.15) is 4.21 Å². The zero-order valence-electron chi connectivity index (χ0n) is 15.3. The SMILES string of the molecule is Cn1c(=NC(=O)C2CCCN(S(=O)(=O)c3cccs3)C2)sc2c(Cl)ccc(Cl)c21. The molecule has 0 radical (unpaired) electrons. The molecule has 29 heavy (non-hydrogen) atoms. The third-order valence-corrected chi connectivity index (χ3v) is 10.0. The molecule has 6 nitrogen and oxygen atoms in total. The van der Waals surface area contributed by atoms with E-state index < -0.39 is 15.9 Å². The predicted molar refractivity (Wildman–Crippen MR) is 117 cm³/mol. The van der Waals surface area contributed by atoms with E-state index in [1.807, 2.05) is 0 Å². The number of piperidine rings is 1. The van der Waals surface area contributed by atoms with E-state index in [0.717, 1.165) is 10.2 Å². The molecule has 11 heteroatoms. The zero-order chi connectivity index (χ0) is 20.8. The van der Waals surface area contributed by atoms with Gasteiger partial charge in [-0.25, -0.2) is 8.42 Å². The highest BCUT2D eigenvalue weighted by Gasteiger charge is 2.33. The standard InChI is InChI=1S/C18H17Cl2N3O3S3/c1-22-15-12(19)6-7-13(20)16(15)28-18(22)21-17(24)11-4-2-8-23(10-11)29(25,26)14-5-3-9-27-14/h3,5-7,9,11H,2,4,8,10H2,1H3. The van der Waals surface area contributed by atoms with E-state index in [-0.39, 0.29) is 12.5 Å². The lowest BCUT2D eigenvalue weighted by Gasteiger charge is -2.29. The van der Waals surface area contributed by atoms with Crippen LogP contribution in [0.4, 0.5) is 0 Å². The molecule has 1 aliphatic heterocycles. The number of aromatic nitrogens is 1. The van der Waals surface area contributed by atoms with Gasteiger partial charge >= 0.3 is 0 Å². The normalized spacial score (nSPS) is 19.1. The first-order chi connectivity index (χ1) is 13.8. The first-order valence-corrected chi connectivity index (χ1v) is 12.7. The summed E-state index contributed by atoms with van der Waals surface area (Å²) in [5, 5.41) is 2.81. The van der Waals surface area contributed by atoms with Crippen LogP contribution in [0.5, 0.6) is 0 Å². The molecule has 0 spiro atoms. The van der Waals surface area contributed by atoms with Crippen LogP contribution in [0.1, 0.15) is 12.8 Å². The Morgan fingerprint density at radius 3 is 2.69 bits per heavy atom. The van der Waals surface area contributed by atoms with Gasteiger partial charge in [-0.05, 0) is 36.4 Å². The molecule has 0 aliphatic carbocycles. The van der Waals surface area contributed by atoms with Crippen LogP contribution in [0.25, 0.3) is 10.2 Å². The summed E-state index contributed by atoms with van der Waals surface area (Å²) in [4.78, 5) is 17.6. The minimum absolute atomic E-state index is 0.138. The summed E-state index contributed by atoms with van der Waals surface area (Å²) in [5.41, 5.74) is 0.723. The fourth-order valence-corrected chi connectivity index (χ4v) is 7.70. The Bertz CT molecular complexity index is 1250. The van der Waals surface area contributed by atoms with Gasteiger partial charge in [-0.1, -0.05) is 40.6 Å². The van der Waals surface area contributed by atoms with Gasteiger partial charge in [0.2, 0.25) is 0 Å². The number of aryl methyl sites for hydroxylation is 1. The largest absolute Gasteiger partial charge is 0.318 e. The monoisotopic (exact) mass is 489 g/mol. The van der Waals surface area contributed by atoms with Crippen LogP contribution in [-0.2, 0) is 21.9 Å². The average molecular weight is 490 g/mol. The van der Waals surface area contributed by atoms with Crippen molar-refractivity contribution in [1.82, 2.24) is 8.87 Å². The molecule has 154 valence electrons. The smallest absolute Gasteiger partial charge is 0.252 e. The van der Waals surface area contributed by atoms with E-state index in [9.17, 15) is 13.2 Å². The number of amides is 1. The maximum atomic E-state index is 12.9. The second-order valence-electron chi connectivity index (χ2n) is 6.73. The molecule has 4 rings (SSSR count). The molecule has 0 saturated carbocycles. The third kappa shape index (κ3) is 3.92. The molecule has 1 fully saturated rings. The minimum Gasteiger partial charge on any atom is -0.318 e. The van der Waals surface area contributed by atoms with Crippen molar-refractivity contribution in [2.45, 2.75) is 17.1 Å². The number of thiazole rings is 1. The van der Waals surface area contributed by atoms with Gasteiger partial charge < -0.3 is 4.57 Å². The molecule has 0 N–H and O–H groups in total. The maximum Gasteiger partial charge on any atom is 0.252 e. The van der Waals surface area contributed by atoms with Crippen LogP contribution in [-0.4, -0.2) is 36.3 Å². The molecule has 1 amide bonds. The Morgan fingerprint density at radius 2 is 2.00 bits per heavy atom. The second kappa shape index (κ2) is 8.13. The summed E-state index contributed by atoms with van der Waals surface area (Å²) in [6, 6.07) is 6.71. The zero-order valence-corrected chi connectivity index (χ0v) is 19.3. The van der Waals surface area contributed by atoms with E-state index >= 15 is 0 Å². The number of halogens is 2. The Morgan fingerprint density at radius 1 is 1.24 bits per heavy atom. The molecule has 3 heterocycles. The van der Waals surface area contributed by atoms with Crippen LogP contribution < -0.4 is 4.80 Å². The highest BCUT2D eigenvalue weighted by molar-refractivity contribution is 7.91. The second-order valence-corrected chi connectivity index (χ2v) is 11.6. The number of sulfonamides is 1. The van der Waals surface area contributed by atoms with Crippen molar-refractivity contribution in [3.63, 3.8) is 0 Å². The lowest BCUT2D eigenvalue weighted by atomic mass is 9.99. The average Bonchev–Trinajstić information content (AvgIpc) is 3.35. The first kappa shape index (κ1) is 21.0. The number of thiophene rings is 1. The van der Waals surface area contributed by atoms with Crippen molar-refractivity contribution in [1.29, 1.82) is 0 Å². The fourth-order valence-electron chi connectivity index (χ4n) is 3.37. The summed E-state index contributed by atoms with van der Waals surface area (Å²) in [6.45, 7) is 0.546. The molecule has 1 unspecified atom stereocenters. The molecular weight excluding hydrogens is 473 g/mol. The highest BCUT2D eigenvalue weighted by atomic mass is 35.5. The van der Waals surface area contributed by atoms with Gasteiger partial charge in [0.05, 0.1) is 26.2 Å². The van der Waals surface area contributed by atoms with Crippen LogP contribution in [0, 0.1) is 5.92 Å². The van der Waals surface area contributed by atoms with E-state index in [0.29, 0.717) is 38.4 Å². The molecular formula is C18H17Cl2N3O3S3. The lowest BCUT2D eigenvalue weighted by molar-refractivity contribution is -0.122. The van der Waals surface area contributed by atoms with Crippen molar-refractivity contribution in [2.24, 2.45) is 18.0 Å². The van der Waals surface area contributed by atoms with Crippen LogP contribution in [0.2, 0.25) is 10.0 Å². The molecule has 1 atom stereocenters. The topological polar surface area (TPSA) is 71.7 Å². The van der Waals surface area contributed by atoms with Gasteiger partial charge in [-0.3, -0.25) is 4.79 Å². The van der Waals surface area contributed by atoms with E-state index in [2.05, 4.69) is 4.99 Å². The van der Waals surface area contributed by atoms with Crippen molar-refractivity contribution in [3.05, 3.63) is 44.5 Å². The number of hydrogen-bond acceptors (Lipinski definition) is 5. The van der Waals surface area contributed by atoms with E-state index in [1.54, 1.807) is 41.3 Å². The summed E-state index contributed by atoms with van der Waals surface area (Å²) >= 11 is 15.0. The van der Waals surface area contributed by atoms with Crippen LogP contribution in [0.15, 0.2) is 38.8 Å². The Labute approximate surface area is 186 Å². The number of fused-ring (bicyclic) bond motifs is 1. The molecule has 1 aromatic carbocycles. The van der Waals surface area contributed by atoms with Crippen molar-refractivity contribution < 1.29 is 13.2 Å². The predicted octanol–water partition coefficient (Wildman–Crippen LogP) is 4.14. The quantitative estimate of drug-likeness (QED) is 0.554. The number of benzene rings is 1. The van der Waals surface area contributed by atoms with Gasteiger partial charge in [0.15, 0.2) is 4.80 Å². The molecule has 3 aromatic rings. The van der Waals surface area contributed by atoms with Crippen LogP contribution >= 0.6 is 45.9 Å². The fraction of sp³-hybridized carbons (Fsp3) is 0.333. The van der Waals surface area contributed by atoms with Gasteiger partial charge in [0.25, 0.3) is 15.9 Å². The Balaban J connectivity index is 1.64. The molecule has 2 aromatic heterocycles. The molecule has 0 bridgehead atoms. The van der Waals surface area contributed by atoms with Gasteiger partial charge in [-0.2, -0.15) is 9.30 Å². The number of nitrogens with zero attached hydrogens (tertiary/aromatic N) is 3. The number of rotatable bonds is 3. The van der Waals surface area contributed by atoms with Gasteiger partial charge in [-0.15, -0.1) is 11.3 Å². The van der Waals surface area contributed by atoms with Crippen LogP contribution in [0.3, 0.4) is 0 Å². The Hall–Kier alpha value is -1.23. The molecule has 1 saturated heterocycles. The van der Waals surface area contributed by atoms with Crippen molar-refractivity contribution in [3.8, 4) is 0 Å². The minimum atomic E-state index is -3.58. The lowest BCUT2D eigenvalue weighted by Crippen LogP contribution is -2.42. The summed E-state index contributed by atoms with van der Waals surface area (Å²) in [7, 11) is -1.80. The molecule has 1 aliphatic rings. The Kier molecular flexibility index (Phi) is 5.89. The first-order valence-electron chi connectivity index (χ1n) is 8.85. The van der Waals surface area contributed by atoms with E-state index in [1.165, 1.54) is 27.0 Å².